The first kappa shape index (κ1) is 14.8. The Morgan fingerprint density at radius 3 is 2.42 bits per heavy atom. The van der Waals surface area contributed by atoms with Gasteiger partial charge in [-0.15, -0.1) is 0 Å². The van der Waals surface area contributed by atoms with Crippen LogP contribution in [0, 0.1) is 0 Å². The molecule has 0 aliphatic heterocycles. The fraction of sp³-hybridized carbons (Fsp3) is 0.385. The monoisotopic (exact) mass is 265 g/mol. The van der Waals surface area contributed by atoms with Crippen LogP contribution in [0.3, 0.4) is 0 Å². The fourth-order valence-electron chi connectivity index (χ4n) is 1.46. The molecule has 103 valence electrons. The van der Waals surface area contributed by atoms with E-state index in [1.165, 1.54) is 12.1 Å². The van der Waals surface area contributed by atoms with Crippen LogP contribution in [0.5, 0.6) is 5.75 Å². The molecule has 0 aromatic heterocycles. The quantitative estimate of drug-likeness (QED) is 0.697. The summed E-state index contributed by atoms with van der Waals surface area (Å²) in [6.45, 7) is 0.992. The van der Waals surface area contributed by atoms with Gasteiger partial charge in [-0.2, -0.15) is 0 Å². The van der Waals surface area contributed by atoms with Crippen molar-refractivity contribution in [2.24, 2.45) is 5.73 Å². The summed E-state index contributed by atoms with van der Waals surface area (Å²) in [5.74, 6) is -0.309. The number of primary amides is 1. The Balaban J connectivity index is 2.12. The number of carboxylic acids is 1. The second-order valence-electron chi connectivity index (χ2n) is 3.96. The molecule has 0 unspecified atom stereocenters. The van der Waals surface area contributed by atoms with Gasteiger partial charge in [0.25, 0.3) is 0 Å². The molecule has 2 amide bonds. The van der Waals surface area contributed by atoms with Crippen LogP contribution in [0.1, 0.15) is 29.6 Å². The predicted molar refractivity (Wildman–Crippen MR) is 69.3 cm³/mol. The lowest BCUT2D eigenvalue weighted by Gasteiger charge is -2.06. The third-order valence-electron chi connectivity index (χ3n) is 2.44. The molecule has 0 saturated heterocycles. The van der Waals surface area contributed by atoms with E-state index in [9.17, 15) is 9.59 Å². The highest BCUT2D eigenvalue weighted by Gasteiger charge is 2.02. The molecule has 0 saturated carbocycles. The van der Waals surface area contributed by atoms with Gasteiger partial charge >= 0.3 is 12.0 Å². The lowest BCUT2D eigenvalue weighted by molar-refractivity contribution is 0.0697. The molecule has 1 aromatic carbocycles. The second-order valence-corrected chi connectivity index (χ2v) is 3.96. The van der Waals surface area contributed by atoms with E-state index in [0.29, 0.717) is 18.9 Å². The second kappa shape index (κ2) is 7.97. The number of carboxylic acid groups (broad SMARTS) is 1. The van der Waals surface area contributed by atoms with Crippen molar-refractivity contribution < 1.29 is 19.4 Å². The topological polar surface area (TPSA) is 104 Å². The number of ether oxygens (including phenoxy) is 1. The maximum Gasteiger partial charge on any atom is 0.335 e. The molecule has 6 nitrogen and oxygen atoms in total. The number of hydrogen-bond donors (Lipinski definition) is 2. The number of unbranched alkanes of at least 4 members (excludes halogenated alkanes) is 2. The summed E-state index contributed by atoms with van der Waals surface area (Å²) in [6, 6.07) is 5.64. The first-order valence-corrected chi connectivity index (χ1v) is 6.02. The minimum atomic E-state index is -0.954. The van der Waals surface area contributed by atoms with Crippen molar-refractivity contribution in [3.63, 3.8) is 0 Å². The van der Waals surface area contributed by atoms with Crippen LogP contribution in [0.2, 0.25) is 0 Å². The zero-order valence-corrected chi connectivity index (χ0v) is 10.5. The molecular weight excluding hydrogens is 248 g/mol. The predicted octanol–water partition coefficient (Wildman–Crippen LogP) is 1.62. The van der Waals surface area contributed by atoms with Crippen molar-refractivity contribution in [3.8, 4) is 5.75 Å². The SMILES string of the molecule is NC(=O)[N]CCCCCOc1ccc(C(=O)O)cc1. The summed E-state index contributed by atoms with van der Waals surface area (Å²) in [5.41, 5.74) is 5.11. The van der Waals surface area contributed by atoms with Gasteiger partial charge in [0.1, 0.15) is 5.75 Å². The van der Waals surface area contributed by atoms with E-state index in [-0.39, 0.29) is 5.56 Å². The van der Waals surface area contributed by atoms with E-state index < -0.39 is 12.0 Å². The van der Waals surface area contributed by atoms with Crippen LogP contribution in [-0.4, -0.2) is 30.3 Å². The largest absolute Gasteiger partial charge is 0.494 e. The molecule has 0 bridgehead atoms. The Kier molecular flexibility index (Phi) is 6.21. The van der Waals surface area contributed by atoms with Crippen LogP contribution in [0.15, 0.2) is 24.3 Å². The van der Waals surface area contributed by atoms with Gasteiger partial charge in [-0.25, -0.2) is 14.9 Å². The molecule has 1 rings (SSSR count). The van der Waals surface area contributed by atoms with Gasteiger partial charge in [0.05, 0.1) is 12.2 Å². The molecular formula is C13H17N2O4. The number of aromatic carboxylic acids is 1. The van der Waals surface area contributed by atoms with Gasteiger partial charge in [-0.3, -0.25) is 0 Å². The Morgan fingerprint density at radius 1 is 1.16 bits per heavy atom. The Bertz CT molecular complexity index is 417. The smallest absolute Gasteiger partial charge is 0.335 e. The number of urea groups is 1. The lowest BCUT2D eigenvalue weighted by Crippen LogP contribution is -2.23. The average molecular weight is 265 g/mol. The number of nitrogens with two attached hydrogens (primary N) is 1. The Labute approximate surface area is 111 Å². The summed E-state index contributed by atoms with van der Waals surface area (Å²) in [5, 5.41) is 12.3. The molecule has 0 heterocycles. The van der Waals surface area contributed by atoms with Crippen molar-refractivity contribution in [1.29, 1.82) is 0 Å². The molecule has 0 spiro atoms. The van der Waals surface area contributed by atoms with Gasteiger partial charge in [0.2, 0.25) is 0 Å². The molecule has 0 atom stereocenters. The van der Waals surface area contributed by atoms with Gasteiger partial charge in [0, 0.05) is 6.54 Å². The summed E-state index contributed by atoms with van der Waals surface area (Å²) < 4.78 is 5.45. The van der Waals surface area contributed by atoms with Crippen LogP contribution in [0.4, 0.5) is 4.79 Å². The number of amides is 2. The average Bonchev–Trinajstić information content (AvgIpc) is 2.38. The van der Waals surface area contributed by atoms with Gasteiger partial charge in [-0.1, -0.05) is 0 Å². The van der Waals surface area contributed by atoms with Gasteiger partial charge in [0.15, 0.2) is 0 Å². The Hall–Kier alpha value is -2.24. The first-order chi connectivity index (χ1) is 9.09. The number of nitrogens with zero attached hydrogens (tertiary/aromatic N) is 1. The van der Waals surface area contributed by atoms with Crippen LogP contribution < -0.4 is 15.8 Å². The molecule has 3 N–H and O–H groups in total. The number of carbonyl (C=O) groups is 2. The summed E-state index contributed by atoms with van der Waals surface area (Å²) in [6.07, 6.45) is 2.53. The van der Waals surface area contributed by atoms with E-state index in [2.05, 4.69) is 5.32 Å². The van der Waals surface area contributed by atoms with E-state index >= 15 is 0 Å². The van der Waals surface area contributed by atoms with E-state index in [4.69, 9.17) is 15.6 Å². The molecule has 1 radical (unpaired) electrons. The zero-order chi connectivity index (χ0) is 14.1. The normalized spacial score (nSPS) is 9.89. The molecule has 0 fully saturated rings. The molecule has 0 aliphatic rings. The molecule has 1 aromatic rings. The molecule has 0 aliphatic carbocycles. The minimum Gasteiger partial charge on any atom is -0.494 e. The van der Waals surface area contributed by atoms with E-state index in [1.807, 2.05) is 0 Å². The highest BCUT2D eigenvalue weighted by molar-refractivity contribution is 5.87. The third-order valence-corrected chi connectivity index (χ3v) is 2.44. The number of carbonyl (C=O) groups excluding carboxylic acids is 1. The molecule has 6 heteroatoms. The van der Waals surface area contributed by atoms with E-state index in [1.54, 1.807) is 12.1 Å². The summed E-state index contributed by atoms with van der Waals surface area (Å²) >= 11 is 0. The third kappa shape index (κ3) is 6.30. The summed E-state index contributed by atoms with van der Waals surface area (Å²) in [7, 11) is 0. The van der Waals surface area contributed by atoms with E-state index in [0.717, 1.165) is 19.3 Å². The molecule has 19 heavy (non-hydrogen) atoms. The lowest BCUT2D eigenvalue weighted by atomic mass is 10.2. The summed E-state index contributed by atoms with van der Waals surface area (Å²) in [4.78, 5) is 21.0. The van der Waals surface area contributed by atoms with Crippen molar-refractivity contribution >= 4 is 12.0 Å². The van der Waals surface area contributed by atoms with Gasteiger partial charge < -0.3 is 15.6 Å². The highest BCUT2D eigenvalue weighted by atomic mass is 16.5. The van der Waals surface area contributed by atoms with Crippen molar-refractivity contribution in [1.82, 2.24) is 5.32 Å². The number of benzene rings is 1. The van der Waals surface area contributed by atoms with Crippen molar-refractivity contribution in [2.75, 3.05) is 13.2 Å². The van der Waals surface area contributed by atoms with Crippen molar-refractivity contribution in [3.05, 3.63) is 29.8 Å². The number of hydrogen-bond acceptors (Lipinski definition) is 3. The van der Waals surface area contributed by atoms with Crippen LogP contribution >= 0.6 is 0 Å². The maximum atomic E-state index is 10.6. The van der Waals surface area contributed by atoms with Crippen LogP contribution in [0.25, 0.3) is 0 Å². The van der Waals surface area contributed by atoms with Crippen LogP contribution in [-0.2, 0) is 0 Å². The first-order valence-electron chi connectivity index (χ1n) is 6.02. The standard InChI is InChI=1S/C13H17N2O4/c14-13(18)15-8-2-1-3-9-19-11-6-4-10(5-7-11)12(16)17/h4-7H,1-3,8-9H2,(H2,14,18)(H,16,17). The number of rotatable bonds is 8. The van der Waals surface area contributed by atoms with Crippen molar-refractivity contribution in [2.45, 2.75) is 19.3 Å². The zero-order valence-electron chi connectivity index (χ0n) is 10.5. The Morgan fingerprint density at radius 2 is 1.84 bits per heavy atom. The fourth-order valence-corrected chi connectivity index (χ4v) is 1.46. The highest BCUT2D eigenvalue weighted by Crippen LogP contribution is 2.12. The minimum absolute atomic E-state index is 0.236. The van der Waals surface area contributed by atoms with Gasteiger partial charge in [-0.05, 0) is 43.5 Å². The maximum absolute atomic E-state index is 10.6.